The summed E-state index contributed by atoms with van der Waals surface area (Å²) in [6.07, 6.45) is 0. The minimum atomic E-state index is -0.246. The van der Waals surface area contributed by atoms with Gasteiger partial charge in [-0.15, -0.1) is 0 Å². The molecule has 1 aliphatic heterocycles. The Kier molecular flexibility index (Phi) is 5.93. The van der Waals surface area contributed by atoms with Gasteiger partial charge in [0.2, 0.25) is 0 Å². The Hall–Kier alpha value is -3.35. The number of imide groups is 1. The van der Waals surface area contributed by atoms with Gasteiger partial charge in [0.25, 0.3) is 11.8 Å². The number of rotatable bonds is 6. The van der Waals surface area contributed by atoms with Gasteiger partial charge in [-0.25, -0.2) is 0 Å². The molecular weight excluding hydrogens is 356 g/mol. The van der Waals surface area contributed by atoms with Crippen LogP contribution < -0.4 is 10.1 Å². The standard InChI is InChI=1S/C21H24N4O3/c1-22-21(24(2)14-15-8-10-16(28-3)11-9-15)23-12-13-25-19(26)17-6-4-5-7-18(17)20(25)27/h4-11H,12-14H2,1-3H3,(H,22,23). The van der Waals surface area contributed by atoms with Crippen LogP contribution >= 0.6 is 0 Å². The number of nitrogens with zero attached hydrogens (tertiary/aromatic N) is 3. The number of ether oxygens (including phenoxy) is 1. The molecular formula is C21H24N4O3. The zero-order valence-corrected chi connectivity index (χ0v) is 16.3. The molecule has 0 saturated heterocycles. The second-order valence-electron chi connectivity index (χ2n) is 6.49. The van der Waals surface area contributed by atoms with Crippen molar-refractivity contribution in [3.05, 3.63) is 65.2 Å². The quantitative estimate of drug-likeness (QED) is 0.471. The van der Waals surface area contributed by atoms with Gasteiger partial charge < -0.3 is 15.0 Å². The van der Waals surface area contributed by atoms with E-state index in [0.29, 0.717) is 30.2 Å². The molecule has 2 aromatic rings. The van der Waals surface area contributed by atoms with Crippen LogP contribution in [0.25, 0.3) is 0 Å². The summed E-state index contributed by atoms with van der Waals surface area (Å²) in [6.45, 7) is 1.36. The summed E-state index contributed by atoms with van der Waals surface area (Å²) in [5.74, 6) is 1.01. The number of carbonyl (C=O) groups is 2. The highest BCUT2D eigenvalue weighted by molar-refractivity contribution is 6.21. The molecule has 0 fully saturated rings. The highest BCUT2D eigenvalue weighted by Gasteiger charge is 2.34. The van der Waals surface area contributed by atoms with Gasteiger partial charge in [0.15, 0.2) is 5.96 Å². The van der Waals surface area contributed by atoms with Crippen LogP contribution in [0.4, 0.5) is 0 Å². The van der Waals surface area contributed by atoms with E-state index in [9.17, 15) is 9.59 Å². The molecule has 28 heavy (non-hydrogen) atoms. The lowest BCUT2D eigenvalue weighted by atomic mass is 10.1. The number of amides is 2. The van der Waals surface area contributed by atoms with E-state index in [1.54, 1.807) is 38.4 Å². The first-order valence-electron chi connectivity index (χ1n) is 9.05. The molecule has 2 amide bonds. The summed E-state index contributed by atoms with van der Waals surface area (Å²) in [4.78, 5) is 32.3. The lowest BCUT2D eigenvalue weighted by Gasteiger charge is -2.23. The molecule has 0 aliphatic carbocycles. The molecule has 0 spiro atoms. The number of hydrogen-bond acceptors (Lipinski definition) is 4. The first kappa shape index (κ1) is 19.4. The van der Waals surface area contributed by atoms with E-state index in [2.05, 4.69) is 10.3 Å². The fourth-order valence-electron chi connectivity index (χ4n) is 3.19. The Labute approximate surface area is 164 Å². The Morgan fingerprint density at radius 2 is 1.68 bits per heavy atom. The van der Waals surface area contributed by atoms with E-state index in [1.165, 1.54) is 4.90 Å². The van der Waals surface area contributed by atoms with E-state index in [4.69, 9.17) is 4.74 Å². The van der Waals surface area contributed by atoms with Gasteiger partial charge in [-0.2, -0.15) is 0 Å². The zero-order valence-electron chi connectivity index (χ0n) is 16.3. The highest BCUT2D eigenvalue weighted by Crippen LogP contribution is 2.21. The summed E-state index contributed by atoms with van der Waals surface area (Å²) in [7, 11) is 5.28. The zero-order chi connectivity index (χ0) is 20.1. The maximum atomic E-state index is 12.4. The number of guanidine groups is 1. The van der Waals surface area contributed by atoms with Crippen LogP contribution in [-0.2, 0) is 6.54 Å². The molecule has 0 atom stereocenters. The first-order chi connectivity index (χ1) is 13.5. The molecule has 1 aliphatic rings. The molecule has 0 saturated carbocycles. The number of benzene rings is 2. The third-order valence-electron chi connectivity index (χ3n) is 4.65. The van der Waals surface area contributed by atoms with Crippen molar-refractivity contribution in [1.29, 1.82) is 0 Å². The number of hydrogen-bond donors (Lipinski definition) is 1. The van der Waals surface area contributed by atoms with E-state index < -0.39 is 0 Å². The van der Waals surface area contributed by atoms with Crippen LogP contribution in [0.1, 0.15) is 26.3 Å². The van der Waals surface area contributed by atoms with E-state index >= 15 is 0 Å². The van der Waals surface area contributed by atoms with E-state index in [-0.39, 0.29) is 18.4 Å². The third kappa shape index (κ3) is 3.98. The Bertz CT molecular complexity index is 858. The third-order valence-corrected chi connectivity index (χ3v) is 4.65. The molecule has 1 N–H and O–H groups in total. The summed E-state index contributed by atoms with van der Waals surface area (Å²) in [5, 5.41) is 3.21. The largest absolute Gasteiger partial charge is 0.497 e. The second kappa shape index (κ2) is 8.56. The number of fused-ring (bicyclic) bond motifs is 1. The van der Waals surface area contributed by atoms with Crippen molar-refractivity contribution in [2.24, 2.45) is 4.99 Å². The van der Waals surface area contributed by atoms with Crippen molar-refractivity contribution >= 4 is 17.8 Å². The van der Waals surface area contributed by atoms with Crippen LogP contribution in [0.2, 0.25) is 0 Å². The van der Waals surface area contributed by atoms with Crippen molar-refractivity contribution in [3.63, 3.8) is 0 Å². The van der Waals surface area contributed by atoms with Crippen LogP contribution in [0.3, 0.4) is 0 Å². The Morgan fingerprint density at radius 1 is 1.07 bits per heavy atom. The first-order valence-corrected chi connectivity index (χ1v) is 9.05. The van der Waals surface area contributed by atoms with Crippen molar-refractivity contribution in [2.75, 3.05) is 34.3 Å². The van der Waals surface area contributed by atoms with Crippen molar-refractivity contribution in [3.8, 4) is 5.75 Å². The maximum absolute atomic E-state index is 12.4. The monoisotopic (exact) mass is 380 g/mol. The lowest BCUT2D eigenvalue weighted by Crippen LogP contribution is -2.43. The SMILES string of the molecule is CN=C(NCCN1C(=O)c2ccccc2C1=O)N(C)Cc1ccc(OC)cc1. The van der Waals surface area contributed by atoms with Gasteiger partial charge >= 0.3 is 0 Å². The van der Waals surface area contributed by atoms with Gasteiger partial charge in [-0.3, -0.25) is 19.5 Å². The molecule has 3 rings (SSSR count). The van der Waals surface area contributed by atoms with Crippen molar-refractivity contribution in [1.82, 2.24) is 15.1 Å². The topological polar surface area (TPSA) is 74.2 Å². The van der Waals surface area contributed by atoms with Gasteiger partial charge in [-0.1, -0.05) is 24.3 Å². The van der Waals surface area contributed by atoms with Gasteiger partial charge in [0.05, 0.1) is 18.2 Å². The molecule has 1 heterocycles. The Morgan fingerprint density at radius 3 is 2.21 bits per heavy atom. The average molecular weight is 380 g/mol. The Balaban J connectivity index is 1.54. The van der Waals surface area contributed by atoms with Crippen LogP contribution in [-0.4, -0.2) is 61.9 Å². The van der Waals surface area contributed by atoms with Crippen LogP contribution in [0.15, 0.2) is 53.5 Å². The average Bonchev–Trinajstić information content (AvgIpc) is 2.96. The summed E-state index contributed by atoms with van der Waals surface area (Å²) < 4.78 is 5.18. The molecule has 7 heteroatoms. The number of nitrogens with one attached hydrogen (secondary N) is 1. The van der Waals surface area contributed by atoms with Crippen molar-refractivity contribution < 1.29 is 14.3 Å². The summed E-state index contributed by atoms with van der Waals surface area (Å²) in [5.41, 5.74) is 2.05. The number of methoxy groups -OCH3 is 1. The molecule has 0 radical (unpaired) electrons. The fraction of sp³-hybridized carbons (Fsp3) is 0.286. The highest BCUT2D eigenvalue weighted by atomic mass is 16.5. The molecule has 2 aromatic carbocycles. The van der Waals surface area contributed by atoms with Crippen LogP contribution in [0, 0.1) is 0 Å². The van der Waals surface area contributed by atoms with Gasteiger partial charge in [-0.05, 0) is 29.8 Å². The molecule has 7 nitrogen and oxygen atoms in total. The smallest absolute Gasteiger partial charge is 0.261 e. The number of carbonyl (C=O) groups excluding carboxylic acids is 2. The molecule has 0 aromatic heterocycles. The van der Waals surface area contributed by atoms with Crippen LogP contribution in [0.5, 0.6) is 5.75 Å². The molecule has 0 unspecified atom stereocenters. The minimum absolute atomic E-state index is 0.246. The second-order valence-corrected chi connectivity index (χ2v) is 6.49. The normalized spacial score (nSPS) is 13.5. The maximum Gasteiger partial charge on any atom is 0.261 e. The predicted octanol–water partition coefficient (Wildman–Crippen LogP) is 2.00. The lowest BCUT2D eigenvalue weighted by molar-refractivity contribution is 0.0657. The number of aliphatic imine (C=N–C) groups is 1. The fourth-order valence-corrected chi connectivity index (χ4v) is 3.19. The van der Waals surface area contributed by atoms with Gasteiger partial charge in [0, 0.05) is 33.7 Å². The molecule has 146 valence electrons. The van der Waals surface area contributed by atoms with Crippen molar-refractivity contribution in [2.45, 2.75) is 6.54 Å². The van der Waals surface area contributed by atoms with E-state index in [0.717, 1.165) is 11.3 Å². The summed E-state index contributed by atoms with van der Waals surface area (Å²) in [6, 6.07) is 14.7. The predicted molar refractivity (Wildman–Crippen MR) is 108 cm³/mol. The summed E-state index contributed by atoms with van der Waals surface area (Å²) >= 11 is 0. The van der Waals surface area contributed by atoms with E-state index in [1.807, 2.05) is 36.2 Å². The van der Waals surface area contributed by atoms with Gasteiger partial charge in [0.1, 0.15) is 5.75 Å². The molecule has 0 bridgehead atoms. The minimum Gasteiger partial charge on any atom is -0.497 e.